The number of hydrogen-bond acceptors (Lipinski definition) is 5. The molecule has 0 aliphatic carbocycles. The molecule has 0 aromatic heterocycles. The lowest BCUT2D eigenvalue weighted by molar-refractivity contribution is -0.385. The monoisotopic (exact) mass is 279 g/mol. The number of benzene rings is 2. The first kappa shape index (κ1) is 14.0. The maximum absolute atomic E-state index is 11.1. The highest BCUT2D eigenvalue weighted by Gasteiger charge is 2.20. The molecule has 0 unspecified atom stereocenters. The molecule has 0 N–H and O–H groups in total. The highest BCUT2D eigenvalue weighted by atomic mass is 16.6. The summed E-state index contributed by atoms with van der Waals surface area (Å²) in [7, 11) is 0. The van der Waals surface area contributed by atoms with Crippen LogP contribution in [0, 0.1) is 39.7 Å². The number of nitro benzene ring substituents is 1. The number of nitrogens with zero attached hydrogens (tertiary/aromatic N) is 3. The lowest BCUT2D eigenvalue weighted by Crippen LogP contribution is -1.96. The minimum absolute atomic E-state index is 0.0326. The lowest BCUT2D eigenvalue weighted by Gasteiger charge is -2.07. The number of aryl methyl sites for hydroxylation is 1. The largest absolute Gasteiger partial charge is 0.450 e. The van der Waals surface area contributed by atoms with E-state index < -0.39 is 4.92 Å². The number of nitriles is 2. The highest BCUT2D eigenvalue weighted by Crippen LogP contribution is 2.33. The second-order valence-corrected chi connectivity index (χ2v) is 4.26. The zero-order chi connectivity index (χ0) is 15.4. The third-order valence-electron chi connectivity index (χ3n) is 2.79. The molecule has 0 amide bonds. The van der Waals surface area contributed by atoms with Gasteiger partial charge in [0.25, 0.3) is 0 Å². The topological polar surface area (TPSA) is 99.9 Å². The molecule has 2 aromatic rings. The van der Waals surface area contributed by atoms with Crippen molar-refractivity contribution >= 4 is 5.69 Å². The van der Waals surface area contributed by atoms with Crippen LogP contribution in [0.3, 0.4) is 0 Å². The van der Waals surface area contributed by atoms with Gasteiger partial charge in [-0.3, -0.25) is 10.1 Å². The molecule has 0 bridgehead atoms. The van der Waals surface area contributed by atoms with Crippen molar-refractivity contribution < 1.29 is 9.66 Å². The van der Waals surface area contributed by atoms with Crippen LogP contribution in [0.5, 0.6) is 11.5 Å². The SMILES string of the molecule is Cc1ccc(Oc2cc(C#N)c(C#N)cc2[N+](=O)[O-])cc1. The van der Waals surface area contributed by atoms with E-state index >= 15 is 0 Å². The van der Waals surface area contributed by atoms with Gasteiger partial charge < -0.3 is 4.74 Å². The van der Waals surface area contributed by atoms with Crippen LogP contribution in [0.4, 0.5) is 5.69 Å². The summed E-state index contributed by atoms with van der Waals surface area (Å²) in [6, 6.07) is 12.8. The normalized spacial score (nSPS) is 9.48. The van der Waals surface area contributed by atoms with Crippen molar-refractivity contribution in [3.63, 3.8) is 0 Å². The molecule has 2 rings (SSSR count). The van der Waals surface area contributed by atoms with Gasteiger partial charge in [0, 0.05) is 12.1 Å². The summed E-state index contributed by atoms with van der Waals surface area (Å²) in [5, 5.41) is 28.9. The van der Waals surface area contributed by atoms with Gasteiger partial charge in [0.05, 0.1) is 16.1 Å². The van der Waals surface area contributed by atoms with Crippen molar-refractivity contribution in [2.24, 2.45) is 0 Å². The van der Waals surface area contributed by atoms with Crippen molar-refractivity contribution in [2.45, 2.75) is 6.92 Å². The number of hydrogen-bond donors (Lipinski definition) is 0. The van der Waals surface area contributed by atoms with Gasteiger partial charge in [-0.1, -0.05) is 17.7 Å². The molecule has 0 atom stereocenters. The summed E-state index contributed by atoms with van der Waals surface area (Å²) in [4.78, 5) is 10.4. The third kappa shape index (κ3) is 2.96. The van der Waals surface area contributed by atoms with Crippen LogP contribution >= 0.6 is 0 Å². The molecule has 0 radical (unpaired) electrons. The van der Waals surface area contributed by atoms with E-state index in [1.54, 1.807) is 30.3 Å². The minimum Gasteiger partial charge on any atom is -0.450 e. The molecule has 102 valence electrons. The van der Waals surface area contributed by atoms with E-state index in [1.807, 2.05) is 13.0 Å². The average molecular weight is 279 g/mol. The number of rotatable bonds is 3. The second-order valence-electron chi connectivity index (χ2n) is 4.26. The number of nitro groups is 1. The standard InChI is InChI=1S/C15H9N3O3/c1-10-2-4-13(5-3-10)21-15-7-12(9-17)11(8-16)6-14(15)18(19)20/h2-7H,1H3. The van der Waals surface area contributed by atoms with Gasteiger partial charge in [-0.2, -0.15) is 10.5 Å². The Labute approximate surface area is 120 Å². The van der Waals surface area contributed by atoms with E-state index in [1.165, 1.54) is 6.07 Å². The van der Waals surface area contributed by atoms with Gasteiger partial charge >= 0.3 is 5.69 Å². The van der Waals surface area contributed by atoms with Crippen molar-refractivity contribution in [3.05, 3.63) is 63.2 Å². The van der Waals surface area contributed by atoms with Crippen LogP contribution in [0.25, 0.3) is 0 Å². The molecule has 21 heavy (non-hydrogen) atoms. The summed E-state index contributed by atoms with van der Waals surface area (Å²) in [5.41, 5.74) is 0.645. The molecule has 6 nitrogen and oxygen atoms in total. The first-order valence-corrected chi connectivity index (χ1v) is 5.92. The molecular weight excluding hydrogens is 270 g/mol. The van der Waals surface area contributed by atoms with Crippen molar-refractivity contribution in [3.8, 4) is 23.6 Å². The van der Waals surface area contributed by atoms with Crippen LogP contribution < -0.4 is 4.74 Å². The summed E-state index contributed by atoms with van der Waals surface area (Å²) in [6.45, 7) is 1.90. The van der Waals surface area contributed by atoms with Crippen LogP contribution in [0.2, 0.25) is 0 Å². The van der Waals surface area contributed by atoms with E-state index in [0.29, 0.717) is 5.75 Å². The Morgan fingerprint density at radius 2 is 1.67 bits per heavy atom. The molecule has 0 aliphatic heterocycles. The fourth-order valence-corrected chi connectivity index (χ4v) is 1.71. The Balaban J connectivity index is 2.51. The van der Waals surface area contributed by atoms with Gasteiger partial charge in [-0.05, 0) is 19.1 Å². The third-order valence-corrected chi connectivity index (χ3v) is 2.79. The summed E-state index contributed by atoms with van der Waals surface area (Å²) in [6.07, 6.45) is 0. The summed E-state index contributed by atoms with van der Waals surface area (Å²) in [5.74, 6) is 0.344. The zero-order valence-electron chi connectivity index (χ0n) is 11.0. The Hall–Kier alpha value is -3.38. The highest BCUT2D eigenvalue weighted by molar-refractivity contribution is 5.60. The Morgan fingerprint density at radius 1 is 1.10 bits per heavy atom. The van der Waals surface area contributed by atoms with Crippen LogP contribution in [-0.4, -0.2) is 4.92 Å². The fourth-order valence-electron chi connectivity index (χ4n) is 1.71. The number of ether oxygens (including phenoxy) is 1. The summed E-state index contributed by atoms with van der Waals surface area (Å²) >= 11 is 0. The second kappa shape index (κ2) is 5.72. The zero-order valence-corrected chi connectivity index (χ0v) is 11.0. The Bertz CT molecular complexity index is 784. The van der Waals surface area contributed by atoms with Crippen molar-refractivity contribution in [1.82, 2.24) is 0 Å². The molecule has 2 aromatic carbocycles. The van der Waals surface area contributed by atoms with Gasteiger partial charge in [0.2, 0.25) is 5.75 Å². The Kier molecular flexibility index (Phi) is 3.83. The molecule has 0 saturated carbocycles. The minimum atomic E-state index is -0.647. The molecule has 6 heteroatoms. The Morgan fingerprint density at radius 3 is 2.19 bits per heavy atom. The van der Waals surface area contributed by atoms with E-state index in [-0.39, 0.29) is 22.6 Å². The van der Waals surface area contributed by atoms with Gasteiger partial charge in [0.1, 0.15) is 17.9 Å². The van der Waals surface area contributed by atoms with Crippen LogP contribution in [-0.2, 0) is 0 Å². The lowest BCUT2D eigenvalue weighted by atomic mass is 10.1. The predicted octanol–water partition coefficient (Wildman–Crippen LogP) is 3.44. The molecule has 0 fully saturated rings. The maximum atomic E-state index is 11.1. The maximum Gasteiger partial charge on any atom is 0.312 e. The fraction of sp³-hybridized carbons (Fsp3) is 0.0667. The molecule has 0 heterocycles. The molecule has 0 aliphatic rings. The quantitative estimate of drug-likeness (QED) is 0.632. The first-order valence-electron chi connectivity index (χ1n) is 5.92. The first-order chi connectivity index (χ1) is 10.0. The molecule has 0 saturated heterocycles. The molecular formula is C15H9N3O3. The summed E-state index contributed by atoms with van der Waals surface area (Å²) < 4.78 is 5.47. The average Bonchev–Trinajstić information content (AvgIpc) is 2.48. The van der Waals surface area contributed by atoms with Gasteiger partial charge in [-0.15, -0.1) is 0 Å². The van der Waals surface area contributed by atoms with Crippen molar-refractivity contribution in [2.75, 3.05) is 0 Å². The van der Waals surface area contributed by atoms with Gasteiger partial charge in [-0.25, -0.2) is 0 Å². The van der Waals surface area contributed by atoms with E-state index in [4.69, 9.17) is 15.3 Å². The van der Waals surface area contributed by atoms with Crippen LogP contribution in [0.1, 0.15) is 16.7 Å². The van der Waals surface area contributed by atoms with E-state index in [0.717, 1.165) is 11.6 Å². The predicted molar refractivity (Wildman–Crippen MR) is 73.8 cm³/mol. The van der Waals surface area contributed by atoms with Crippen LogP contribution in [0.15, 0.2) is 36.4 Å². The smallest absolute Gasteiger partial charge is 0.312 e. The van der Waals surface area contributed by atoms with Crippen molar-refractivity contribution in [1.29, 1.82) is 10.5 Å². The van der Waals surface area contributed by atoms with E-state index in [9.17, 15) is 10.1 Å². The van der Waals surface area contributed by atoms with Gasteiger partial charge in [0.15, 0.2) is 0 Å². The molecule has 0 spiro atoms. The van der Waals surface area contributed by atoms with E-state index in [2.05, 4.69) is 0 Å².